The van der Waals surface area contributed by atoms with E-state index in [2.05, 4.69) is 20.7 Å². The molecule has 6 nitrogen and oxygen atoms in total. The van der Waals surface area contributed by atoms with E-state index < -0.39 is 16.0 Å². The third kappa shape index (κ3) is 3.92. The summed E-state index contributed by atoms with van der Waals surface area (Å²) >= 11 is 3.17. The van der Waals surface area contributed by atoms with E-state index in [1.54, 1.807) is 0 Å². The van der Waals surface area contributed by atoms with E-state index in [9.17, 15) is 13.2 Å². The van der Waals surface area contributed by atoms with Crippen LogP contribution >= 0.6 is 15.9 Å². The molecule has 19 heavy (non-hydrogen) atoms. The fraction of sp³-hybridized carbons (Fsp3) is 0.364. The Bertz CT molecular complexity index is 574. The van der Waals surface area contributed by atoms with Gasteiger partial charge in [-0.2, -0.15) is 0 Å². The van der Waals surface area contributed by atoms with E-state index in [1.165, 1.54) is 32.4 Å². The Morgan fingerprint density at radius 1 is 1.47 bits per heavy atom. The van der Waals surface area contributed by atoms with Crippen LogP contribution in [0.5, 0.6) is 0 Å². The molecule has 0 radical (unpaired) electrons. The van der Waals surface area contributed by atoms with Crippen molar-refractivity contribution in [1.82, 2.24) is 4.31 Å². The molecular formula is C11H15BrN2O4S. The number of halogens is 1. The normalized spacial score (nSPS) is 11.6. The number of methoxy groups -OCH3 is 1. The average molecular weight is 351 g/mol. The first-order valence-corrected chi connectivity index (χ1v) is 7.60. The van der Waals surface area contributed by atoms with Gasteiger partial charge < -0.3 is 10.5 Å². The first-order valence-electron chi connectivity index (χ1n) is 5.37. The molecule has 0 aliphatic heterocycles. The lowest BCUT2D eigenvalue weighted by Gasteiger charge is -2.17. The molecule has 0 atom stereocenters. The fourth-order valence-electron chi connectivity index (χ4n) is 1.37. The molecule has 8 heteroatoms. The van der Waals surface area contributed by atoms with Crippen LogP contribution in [0, 0.1) is 0 Å². The van der Waals surface area contributed by atoms with Gasteiger partial charge in [-0.3, -0.25) is 4.79 Å². The van der Waals surface area contributed by atoms with Gasteiger partial charge in [0.05, 0.1) is 18.4 Å². The van der Waals surface area contributed by atoms with Gasteiger partial charge in [0, 0.05) is 23.8 Å². The zero-order valence-corrected chi connectivity index (χ0v) is 13.0. The van der Waals surface area contributed by atoms with Crippen molar-refractivity contribution < 1.29 is 17.9 Å². The standard InChI is InChI=1S/C11H15BrN2O4S/c1-14(6-5-11(15)18-2)19(16,17)10-4-3-8(13)7-9(10)12/h3-4,7H,5-6,13H2,1-2H3. The van der Waals surface area contributed by atoms with E-state index in [-0.39, 0.29) is 17.9 Å². The summed E-state index contributed by atoms with van der Waals surface area (Å²) in [6.45, 7) is 0.0474. The first kappa shape index (κ1) is 15.9. The Kier molecular flexibility index (Phi) is 5.33. The third-order valence-electron chi connectivity index (χ3n) is 2.50. The number of anilines is 1. The molecule has 0 saturated heterocycles. The fourth-order valence-corrected chi connectivity index (χ4v) is 3.59. The molecule has 0 aliphatic rings. The van der Waals surface area contributed by atoms with Gasteiger partial charge in [0.2, 0.25) is 10.0 Å². The van der Waals surface area contributed by atoms with Crippen LogP contribution in [0.3, 0.4) is 0 Å². The lowest BCUT2D eigenvalue weighted by molar-refractivity contribution is -0.140. The van der Waals surface area contributed by atoms with Crippen LogP contribution < -0.4 is 5.73 Å². The van der Waals surface area contributed by atoms with E-state index in [1.807, 2.05) is 0 Å². The molecule has 0 fully saturated rings. The van der Waals surface area contributed by atoms with E-state index in [0.717, 1.165) is 4.31 Å². The minimum Gasteiger partial charge on any atom is -0.469 e. The lowest BCUT2D eigenvalue weighted by Crippen LogP contribution is -2.29. The van der Waals surface area contributed by atoms with Gasteiger partial charge in [-0.05, 0) is 34.1 Å². The summed E-state index contributed by atoms with van der Waals surface area (Å²) in [6, 6.07) is 4.44. The summed E-state index contributed by atoms with van der Waals surface area (Å²) in [5.41, 5.74) is 6.02. The minimum absolute atomic E-state index is 0.00117. The number of carbonyl (C=O) groups is 1. The molecule has 0 unspecified atom stereocenters. The summed E-state index contributed by atoms with van der Waals surface area (Å²) in [6.07, 6.45) is -0.00117. The number of hydrogen-bond acceptors (Lipinski definition) is 5. The Balaban J connectivity index is 2.94. The number of nitrogens with zero attached hydrogens (tertiary/aromatic N) is 1. The molecule has 1 aromatic carbocycles. The topological polar surface area (TPSA) is 89.7 Å². The van der Waals surface area contributed by atoms with Crippen molar-refractivity contribution in [2.75, 3.05) is 26.4 Å². The monoisotopic (exact) mass is 350 g/mol. The van der Waals surface area contributed by atoms with Crippen molar-refractivity contribution in [1.29, 1.82) is 0 Å². The number of ether oxygens (including phenoxy) is 1. The molecule has 0 spiro atoms. The molecule has 1 aromatic rings. The molecule has 1 rings (SSSR count). The van der Waals surface area contributed by atoms with Crippen LogP contribution in [0.15, 0.2) is 27.6 Å². The van der Waals surface area contributed by atoms with Crippen molar-refractivity contribution in [3.63, 3.8) is 0 Å². The average Bonchev–Trinajstić information content (AvgIpc) is 2.34. The molecular weight excluding hydrogens is 336 g/mol. The van der Waals surface area contributed by atoms with Gasteiger partial charge in [0.25, 0.3) is 0 Å². The van der Waals surface area contributed by atoms with Crippen molar-refractivity contribution in [3.8, 4) is 0 Å². The Morgan fingerprint density at radius 3 is 2.63 bits per heavy atom. The van der Waals surface area contributed by atoms with Gasteiger partial charge in [0.15, 0.2) is 0 Å². The Hall–Kier alpha value is -1.12. The van der Waals surface area contributed by atoms with Crippen molar-refractivity contribution in [2.24, 2.45) is 0 Å². The number of carbonyl (C=O) groups excluding carboxylic acids is 1. The molecule has 0 aliphatic carbocycles. The summed E-state index contributed by atoms with van der Waals surface area (Å²) in [7, 11) is -1.01. The summed E-state index contributed by atoms with van der Waals surface area (Å²) in [5, 5.41) is 0. The van der Waals surface area contributed by atoms with Crippen LogP contribution in [-0.4, -0.2) is 39.4 Å². The predicted molar refractivity (Wildman–Crippen MR) is 75.0 cm³/mol. The Labute approximate surface area is 120 Å². The van der Waals surface area contributed by atoms with Crippen molar-refractivity contribution in [2.45, 2.75) is 11.3 Å². The third-order valence-corrected chi connectivity index (χ3v) is 5.34. The van der Waals surface area contributed by atoms with Gasteiger partial charge in [-0.25, -0.2) is 12.7 Å². The second-order valence-corrected chi connectivity index (χ2v) is 6.71. The van der Waals surface area contributed by atoms with Crippen LogP contribution in [-0.2, 0) is 19.6 Å². The maximum absolute atomic E-state index is 12.3. The second-order valence-electron chi connectivity index (χ2n) is 3.84. The summed E-state index contributed by atoms with van der Waals surface area (Å²) < 4.78 is 30.5. The quantitative estimate of drug-likeness (QED) is 0.636. The van der Waals surface area contributed by atoms with E-state index in [4.69, 9.17) is 5.73 Å². The highest BCUT2D eigenvalue weighted by molar-refractivity contribution is 9.10. The number of benzene rings is 1. The summed E-state index contributed by atoms with van der Waals surface area (Å²) in [4.78, 5) is 11.1. The van der Waals surface area contributed by atoms with Gasteiger partial charge in [0.1, 0.15) is 0 Å². The van der Waals surface area contributed by atoms with E-state index >= 15 is 0 Å². The SMILES string of the molecule is COC(=O)CCN(C)S(=O)(=O)c1ccc(N)cc1Br. The molecule has 0 amide bonds. The highest BCUT2D eigenvalue weighted by Crippen LogP contribution is 2.26. The minimum atomic E-state index is -3.67. The van der Waals surface area contributed by atoms with Crippen LogP contribution in [0.25, 0.3) is 0 Å². The van der Waals surface area contributed by atoms with Crippen molar-refractivity contribution >= 4 is 37.6 Å². The number of hydrogen-bond donors (Lipinski definition) is 1. The first-order chi connectivity index (χ1) is 8.78. The molecule has 0 saturated carbocycles. The van der Waals surface area contributed by atoms with Gasteiger partial charge >= 0.3 is 5.97 Å². The second kappa shape index (κ2) is 6.36. The highest BCUT2D eigenvalue weighted by Gasteiger charge is 2.23. The number of sulfonamides is 1. The number of nitrogens with two attached hydrogens (primary N) is 1. The maximum Gasteiger partial charge on any atom is 0.306 e. The number of nitrogen functional groups attached to an aromatic ring is 1. The van der Waals surface area contributed by atoms with E-state index in [0.29, 0.717) is 10.2 Å². The van der Waals surface area contributed by atoms with Crippen molar-refractivity contribution in [3.05, 3.63) is 22.7 Å². The molecule has 2 N–H and O–H groups in total. The van der Waals surface area contributed by atoms with Crippen LogP contribution in [0.2, 0.25) is 0 Å². The highest BCUT2D eigenvalue weighted by atomic mass is 79.9. The molecule has 0 aromatic heterocycles. The predicted octanol–water partition coefficient (Wildman–Crippen LogP) is 1.21. The van der Waals surface area contributed by atoms with Gasteiger partial charge in [-0.15, -0.1) is 0 Å². The number of esters is 1. The molecule has 0 heterocycles. The van der Waals surface area contributed by atoms with Crippen LogP contribution in [0.4, 0.5) is 5.69 Å². The molecule has 0 bridgehead atoms. The van der Waals surface area contributed by atoms with Crippen LogP contribution in [0.1, 0.15) is 6.42 Å². The zero-order chi connectivity index (χ0) is 14.6. The zero-order valence-electron chi connectivity index (χ0n) is 10.6. The molecule has 106 valence electrons. The largest absolute Gasteiger partial charge is 0.469 e. The van der Waals surface area contributed by atoms with Gasteiger partial charge in [-0.1, -0.05) is 0 Å². The lowest BCUT2D eigenvalue weighted by atomic mass is 10.3. The summed E-state index contributed by atoms with van der Waals surface area (Å²) in [5.74, 6) is -0.460. The number of rotatable bonds is 5. The maximum atomic E-state index is 12.3. The smallest absolute Gasteiger partial charge is 0.306 e. The Morgan fingerprint density at radius 2 is 2.11 bits per heavy atom.